The number of hydrogen-bond donors (Lipinski definition) is 0. The highest BCUT2D eigenvalue weighted by Crippen LogP contribution is 2.24. The van der Waals surface area contributed by atoms with Crippen LogP contribution in [0, 0.1) is 6.92 Å². The van der Waals surface area contributed by atoms with Crippen LogP contribution in [0.25, 0.3) is 16.9 Å². The molecule has 2 aromatic carbocycles. The molecule has 0 atom stereocenters. The fraction of sp³-hybridized carbons (Fsp3) is 0.200. The van der Waals surface area contributed by atoms with Crippen LogP contribution in [-0.2, 0) is 20.7 Å². The number of benzene rings is 2. The van der Waals surface area contributed by atoms with E-state index in [4.69, 9.17) is 4.74 Å². The first-order chi connectivity index (χ1) is 13.5. The van der Waals surface area contributed by atoms with E-state index in [0.717, 1.165) is 28.1 Å². The second-order valence-corrected chi connectivity index (χ2v) is 6.56. The monoisotopic (exact) mass is 376 g/mol. The van der Waals surface area contributed by atoms with Crippen molar-refractivity contribution in [3.63, 3.8) is 0 Å². The van der Waals surface area contributed by atoms with E-state index in [1.165, 1.54) is 9.36 Å². The summed E-state index contributed by atoms with van der Waals surface area (Å²) in [6.07, 6.45) is 1.90. The summed E-state index contributed by atoms with van der Waals surface area (Å²) in [7, 11) is 3.46. The Kier molecular flexibility index (Phi) is 4.52. The van der Waals surface area contributed by atoms with Crippen molar-refractivity contribution in [2.24, 2.45) is 14.1 Å². The fourth-order valence-electron chi connectivity index (χ4n) is 3.01. The van der Waals surface area contributed by atoms with Gasteiger partial charge in [-0.3, -0.25) is 4.68 Å². The van der Waals surface area contributed by atoms with E-state index in [-0.39, 0.29) is 5.69 Å². The number of aromatic nitrogens is 6. The lowest BCUT2D eigenvalue weighted by Gasteiger charge is -2.13. The highest BCUT2D eigenvalue weighted by molar-refractivity contribution is 5.60. The van der Waals surface area contributed by atoms with Crippen LogP contribution in [0.3, 0.4) is 0 Å². The number of nitrogens with zero attached hydrogens (tertiary/aromatic N) is 6. The third kappa shape index (κ3) is 3.32. The third-order valence-corrected chi connectivity index (χ3v) is 4.56. The van der Waals surface area contributed by atoms with Crippen molar-refractivity contribution in [3.8, 4) is 22.7 Å². The molecule has 142 valence electrons. The molecule has 0 aliphatic carbocycles. The van der Waals surface area contributed by atoms with Crippen LogP contribution >= 0.6 is 0 Å². The van der Waals surface area contributed by atoms with Crippen molar-refractivity contribution >= 4 is 0 Å². The van der Waals surface area contributed by atoms with E-state index in [9.17, 15) is 4.79 Å². The van der Waals surface area contributed by atoms with Crippen molar-refractivity contribution in [1.82, 2.24) is 29.6 Å². The van der Waals surface area contributed by atoms with Crippen LogP contribution in [0.2, 0.25) is 0 Å². The van der Waals surface area contributed by atoms with Gasteiger partial charge >= 0.3 is 5.69 Å². The van der Waals surface area contributed by atoms with Gasteiger partial charge in [-0.15, -0.1) is 0 Å². The quantitative estimate of drug-likeness (QED) is 0.534. The summed E-state index contributed by atoms with van der Waals surface area (Å²) >= 11 is 0. The molecule has 4 aromatic rings. The molecule has 28 heavy (non-hydrogen) atoms. The normalized spacial score (nSPS) is 11.0. The van der Waals surface area contributed by atoms with Gasteiger partial charge in [0.15, 0.2) is 0 Å². The Hall–Kier alpha value is -3.68. The Morgan fingerprint density at radius 2 is 1.86 bits per heavy atom. The summed E-state index contributed by atoms with van der Waals surface area (Å²) in [5, 5.41) is 12.2. The van der Waals surface area contributed by atoms with Crippen LogP contribution in [0.1, 0.15) is 11.1 Å². The Bertz CT molecular complexity index is 1190. The molecule has 0 N–H and O–H groups in total. The van der Waals surface area contributed by atoms with Gasteiger partial charge in [-0.25, -0.2) is 4.79 Å². The maximum atomic E-state index is 12.3. The molecule has 2 aromatic heterocycles. The SMILES string of the molecule is Cc1cccc(-n2nnn(C)c2=O)c1COc1cccc(-c2ccn(C)n2)c1. The van der Waals surface area contributed by atoms with E-state index in [1.807, 2.05) is 68.7 Å². The van der Waals surface area contributed by atoms with Gasteiger partial charge in [0.25, 0.3) is 0 Å². The average molecular weight is 376 g/mol. The lowest BCUT2D eigenvalue weighted by atomic mass is 10.1. The number of hydrogen-bond acceptors (Lipinski definition) is 5. The van der Waals surface area contributed by atoms with Gasteiger partial charge in [-0.2, -0.15) is 14.5 Å². The maximum Gasteiger partial charge on any atom is 0.368 e. The smallest absolute Gasteiger partial charge is 0.368 e. The van der Waals surface area contributed by atoms with Crippen molar-refractivity contribution in [3.05, 3.63) is 76.3 Å². The van der Waals surface area contributed by atoms with E-state index in [1.54, 1.807) is 11.7 Å². The Morgan fingerprint density at radius 1 is 1.04 bits per heavy atom. The van der Waals surface area contributed by atoms with Gasteiger partial charge in [0.2, 0.25) is 0 Å². The largest absolute Gasteiger partial charge is 0.489 e. The second kappa shape index (κ2) is 7.15. The van der Waals surface area contributed by atoms with Crippen molar-refractivity contribution in [1.29, 1.82) is 0 Å². The van der Waals surface area contributed by atoms with Crippen LogP contribution in [0.4, 0.5) is 0 Å². The number of tetrazole rings is 1. The maximum absolute atomic E-state index is 12.3. The standard InChI is InChI=1S/C20H20N6O2/c1-14-6-4-9-19(26-20(27)25(3)22-23-26)17(14)13-28-16-8-5-7-15(12-16)18-10-11-24(2)21-18/h4-12H,13H2,1-3H3. The molecule has 8 heteroatoms. The molecular formula is C20H20N6O2. The van der Waals surface area contributed by atoms with Gasteiger partial charge in [-0.05, 0) is 47.2 Å². The minimum absolute atomic E-state index is 0.302. The Morgan fingerprint density at radius 3 is 2.57 bits per heavy atom. The van der Waals surface area contributed by atoms with Crippen LogP contribution in [0.5, 0.6) is 5.75 Å². The second-order valence-electron chi connectivity index (χ2n) is 6.56. The molecule has 8 nitrogen and oxygen atoms in total. The molecule has 0 saturated carbocycles. The van der Waals surface area contributed by atoms with E-state index < -0.39 is 0 Å². The topological polar surface area (TPSA) is 79.8 Å². The van der Waals surface area contributed by atoms with E-state index in [2.05, 4.69) is 15.5 Å². The van der Waals surface area contributed by atoms with Gasteiger partial charge < -0.3 is 4.74 Å². The summed E-state index contributed by atoms with van der Waals surface area (Å²) in [6.45, 7) is 2.28. The molecule has 0 saturated heterocycles. The zero-order chi connectivity index (χ0) is 19.7. The van der Waals surface area contributed by atoms with Gasteiger partial charge in [-0.1, -0.05) is 24.3 Å². The van der Waals surface area contributed by atoms with Crippen molar-refractivity contribution < 1.29 is 4.74 Å². The highest BCUT2D eigenvalue weighted by Gasteiger charge is 2.13. The Balaban J connectivity index is 1.63. The average Bonchev–Trinajstić information content (AvgIpc) is 3.27. The third-order valence-electron chi connectivity index (χ3n) is 4.56. The summed E-state index contributed by atoms with van der Waals surface area (Å²) in [4.78, 5) is 12.3. The molecule has 0 radical (unpaired) electrons. The molecule has 0 unspecified atom stereocenters. The summed E-state index contributed by atoms with van der Waals surface area (Å²) in [5.41, 5.74) is 4.12. The lowest BCUT2D eigenvalue weighted by Crippen LogP contribution is -2.23. The van der Waals surface area contributed by atoms with E-state index >= 15 is 0 Å². The molecule has 0 fully saturated rings. The first-order valence-corrected chi connectivity index (χ1v) is 8.83. The zero-order valence-electron chi connectivity index (χ0n) is 15.9. The molecule has 0 aliphatic heterocycles. The number of aryl methyl sites for hydroxylation is 3. The predicted molar refractivity (Wildman–Crippen MR) is 104 cm³/mol. The summed E-state index contributed by atoms with van der Waals surface area (Å²) < 4.78 is 10.3. The van der Waals surface area contributed by atoms with Gasteiger partial charge in [0.1, 0.15) is 12.4 Å². The predicted octanol–water partition coefficient (Wildman–Crippen LogP) is 2.25. The molecule has 0 bridgehead atoms. The summed E-state index contributed by atoms with van der Waals surface area (Å²) in [5.74, 6) is 0.726. The zero-order valence-corrected chi connectivity index (χ0v) is 15.9. The molecule has 4 rings (SSSR count). The number of ether oxygens (including phenoxy) is 1. The van der Waals surface area contributed by atoms with Crippen LogP contribution < -0.4 is 10.4 Å². The first-order valence-electron chi connectivity index (χ1n) is 8.83. The molecular weight excluding hydrogens is 356 g/mol. The van der Waals surface area contributed by atoms with Crippen LogP contribution in [0.15, 0.2) is 59.5 Å². The fourth-order valence-corrected chi connectivity index (χ4v) is 3.01. The van der Waals surface area contributed by atoms with Gasteiger partial charge in [0, 0.05) is 31.4 Å². The molecule has 0 aliphatic rings. The van der Waals surface area contributed by atoms with Gasteiger partial charge in [0.05, 0.1) is 11.4 Å². The molecule has 0 amide bonds. The highest BCUT2D eigenvalue weighted by atomic mass is 16.5. The lowest BCUT2D eigenvalue weighted by molar-refractivity contribution is 0.305. The molecule has 0 spiro atoms. The number of rotatable bonds is 5. The van der Waals surface area contributed by atoms with Crippen LogP contribution in [-0.4, -0.2) is 29.6 Å². The first kappa shape index (κ1) is 17.7. The molecule has 2 heterocycles. The van der Waals surface area contributed by atoms with Crippen molar-refractivity contribution in [2.45, 2.75) is 13.5 Å². The summed E-state index contributed by atoms with van der Waals surface area (Å²) in [6, 6.07) is 15.4. The minimum atomic E-state index is -0.302. The minimum Gasteiger partial charge on any atom is -0.489 e. The van der Waals surface area contributed by atoms with Crippen molar-refractivity contribution in [2.75, 3.05) is 0 Å². The van der Waals surface area contributed by atoms with E-state index in [0.29, 0.717) is 12.3 Å². The Labute approximate surface area is 161 Å².